The zero-order valence-electron chi connectivity index (χ0n) is 15.0. The molecule has 136 valence electrons. The highest BCUT2D eigenvalue weighted by atomic mass is 16.5. The number of H-pyrrole nitrogens is 1. The molecule has 7 nitrogen and oxygen atoms in total. The van der Waals surface area contributed by atoms with Crippen molar-refractivity contribution in [1.82, 2.24) is 19.6 Å². The summed E-state index contributed by atoms with van der Waals surface area (Å²) in [4.78, 5) is 21.2. The number of nitrogens with one attached hydrogen (secondary N) is 1. The molecule has 7 heteroatoms. The monoisotopic (exact) mass is 362 g/mol. The SMILES string of the molecule is COc1ccc(-c2[nH]n3c(=O)cc(COc4ccccn4)nc3c2C)cc1. The van der Waals surface area contributed by atoms with Gasteiger partial charge in [0, 0.05) is 29.5 Å². The van der Waals surface area contributed by atoms with E-state index >= 15 is 0 Å². The van der Waals surface area contributed by atoms with Crippen LogP contribution >= 0.6 is 0 Å². The molecule has 0 atom stereocenters. The lowest BCUT2D eigenvalue weighted by molar-refractivity contribution is 0.289. The van der Waals surface area contributed by atoms with Crippen molar-refractivity contribution in [2.75, 3.05) is 7.11 Å². The minimum absolute atomic E-state index is 0.172. The maximum atomic E-state index is 12.5. The molecule has 0 aliphatic heterocycles. The highest BCUT2D eigenvalue weighted by Gasteiger charge is 2.14. The molecule has 3 heterocycles. The van der Waals surface area contributed by atoms with Crippen molar-refractivity contribution >= 4 is 5.65 Å². The normalized spacial score (nSPS) is 10.9. The average molecular weight is 362 g/mol. The van der Waals surface area contributed by atoms with E-state index < -0.39 is 0 Å². The molecule has 4 aromatic rings. The molecule has 0 spiro atoms. The summed E-state index contributed by atoms with van der Waals surface area (Å²) in [5.41, 5.74) is 3.61. The summed E-state index contributed by atoms with van der Waals surface area (Å²) in [5, 5.41) is 3.13. The molecule has 0 bridgehead atoms. The summed E-state index contributed by atoms with van der Waals surface area (Å²) < 4.78 is 12.2. The van der Waals surface area contributed by atoms with E-state index in [1.807, 2.05) is 43.3 Å². The maximum absolute atomic E-state index is 12.5. The van der Waals surface area contributed by atoms with Gasteiger partial charge in [-0.1, -0.05) is 6.07 Å². The summed E-state index contributed by atoms with van der Waals surface area (Å²) in [7, 11) is 1.63. The zero-order valence-corrected chi connectivity index (χ0v) is 15.0. The van der Waals surface area contributed by atoms with Crippen LogP contribution in [0.15, 0.2) is 59.5 Å². The van der Waals surface area contributed by atoms with Gasteiger partial charge < -0.3 is 9.47 Å². The molecule has 1 aromatic carbocycles. The van der Waals surface area contributed by atoms with Gasteiger partial charge in [0.05, 0.1) is 18.5 Å². The van der Waals surface area contributed by atoms with Crippen LogP contribution in [0.3, 0.4) is 0 Å². The van der Waals surface area contributed by atoms with Crippen molar-refractivity contribution in [3.63, 3.8) is 0 Å². The van der Waals surface area contributed by atoms with E-state index in [0.29, 0.717) is 17.2 Å². The van der Waals surface area contributed by atoms with Gasteiger partial charge in [-0.2, -0.15) is 0 Å². The van der Waals surface area contributed by atoms with E-state index in [1.165, 1.54) is 10.6 Å². The molecular weight excluding hydrogens is 344 g/mol. The van der Waals surface area contributed by atoms with E-state index in [4.69, 9.17) is 9.47 Å². The standard InChI is InChI=1S/C20H18N4O3/c1-13-19(14-6-8-16(26-2)9-7-14)23-24-18(25)11-15(22-20(13)24)12-27-17-5-3-4-10-21-17/h3-11,23H,12H2,1-2H3. The lowest BCUT2D eigenvalue weighted by atomic mass is 10.1. The molecule has 0 aliphatic rings. The predicted molar refractivity (Wildman–Crippen MR) is 101 cm³/mol. The first kappa shape index (κ1) is 16.8. The lowest BCUT2D eigenvalue weighted by Gasteiger charge is -2.04. The van der Waals surface area contributed by atoms with Crippen molar-refractivity contribution < 1.29 is 9.47 Å². The number of aromatic amines is 1. The van der Waals surface area contributed by atoms with Gasteiger partial charge >= 0.3 is 0 Å². The molecule has 0 unspecified atom stereocenters. The number of methoxy groups -OCH3 is 1. The molecule has 0 saturated heterocycles. The Morgan fingerprint density at radius 2 is 1.96 bits per heavy atom. The van der Waals surface area contributed by atoms with Crippen molar-refractivity contribution in [3.8, 4) is 22.9 Å². The first-order valence-electron chi connectivity index (χ1n) is 8.45. The Morgan fingerprint density at radius 1 is 1.15 bits per heavy atom. The molecule has 0 fully saturated rings. The van der Waals surface area contributed by atoms with Crippen LogP contribution in [0, 0.1) is 6.92 Å². The Kier molecular flexibility index (Phi) is 4.33. The van der Waals surface area contributed by atoms with Crippen molar-refractivity contribution in [1.29, 1.82) is 0 Å². The Balaban J connectivity index is 1.69. The van der Waals surface area contributed by atoms with Gasteiger partial charge in [0.1, 0.15) is 12.4 Å². The zero-order chi connectivity index (χ0) is 18.8. The van der Waals surface area contributed by atoms with Gasteiger partial charge in [-0.25, -0.2) is 14.5 Å². The van der Waals surface area contributed by atoms with E-state index in [1.54, 1.807) is 19.4 Å². The summed E-state index contributed by atoms with van der Waals surface area (Å²) in [6, 6.07) is 14.5. The van der Waals surface area contributed by atoms with Gasteiger partial charge in [-0.3, -0.25) is 9.89 Å². The van der Waals surface area contributed by atoms with Gasteiger partial charge in [0.25, 0.3) is 5.56 Å². The molecular formula is C20H18N4O3. The fourth-order valence-corrected chi connectivity index (χ4v) is 2.89. The van der Waals surface area contributed by atoms with Crippen LogP contribution in [0.2, 0.25) is 0 Å². The van der Waals surface area contributed by atoms with Gasteiger partial charge in [0.15, 0.2) is 5.65 Å². The second-order valence-electron chi connectivity index (χ2n) is 6.04. The van der Waals surface area contributed by atoms with Crippen molar-refractivity contribution in [3.05, 3.63) is 76.3 Å². The fourth-order valence-electron chi connectivity index (χ4n) is 2.89. The third kappa shape index (κ3) is 3.27. The number of benzene rings is 1. The molecule has 0 aliphatic carbocycles. The number of aromatic nitrogens is 4. The van der Waals surface area contributed by atoms with E-state index in [0.717, 1.165) is 22.6 Å². The topological polar surface area (TPSA) is 81.5 Å². The quantitative estimate of drug-likeness (QED) is 0.590. The van der Waals surface area contributed by atoms with Crippen LogP contribution in [-0.2, 0) is 6.61 Å². The smallest absolute Gasteiger partial charge is 0.273 e. The van der Waals surface area contributed by atoms with Gasteiger partial charge in [-0.05, 0) is 37.3 Å². The number of hydrogen-bond acceptors (Lipinski definition) is 5. The number of fused-ring (bicyclic) bond motifs is 1. The number of pyridine rings is 1. The Morgan fingerprint density at radius 3 is 2.67 bits per heavy atom. The number of ether oxygens (including phenoxy) is 2. The van der Waals surface area contributed by atoms with Crippen molar-refractivity contribution in [2.24, 2.45) is 0 Å². The highest BCUT2D eigenvalue weighted by molar-refractivity contribution is 5.70. The predicted octanol–water partition coefficient (Wildman–Crippen LogP) is 2.98. The summed E-state index contributed by atoms with van der Waals surface area (Å²) in [6.07, 6.45) is 1.65. The molecule has 3 aromatic heterocycles. The number of aryl methyl sites for hydroxylation is 1. The largest absolute Gasteiger partial charge is 0.497 e. The molecule has 0 radical (unpaired) electrons. The first-order valence-corrected chi connectivity index (χ1v) is 8.45. The van der Waals surface area contributed by atoms with Gasteiger partial charge in [-0.15, -0.1) is 0 Å². The minimum atomic E-state index is -0.192. The third-order valence-electron chi connectivity index (χ3n) is 4.29. The van der Waals surface area contributed by atoms with E-state index in [9.17, 15) is 4.79 Å². The molecule has 27 heavy (non-hydrogen) atoms. The molecule has 4 rings (SSSR count). The first-order chi connectivity index (χ1) is 13.2. The summed E-state index contributed by atoms with van der Waals surface area (Å²) >= 11 is 0. The summed E-state index contributed by atoms with van der Waals surface area (Å²) in [6.45, 7) is 2.10. The number of hydrogen-bond donors (Lipinski definition) is 1. The highest BCUT2D eigenvalue weighted by Crippen LogP contribution is 2.25. The van der Waals surface area contributed by atoms with Crippen molar-refractivity contribution in [2.45, 2.75) is 13.5 Å². The van der Waals surface area contributed by atoms with Crippen LogP contribution in [0.5, 0.6) is 11.6 Å². The number of nitrogens with zero attached hydrogens (tertiary/aromatic N) is 3. The Bertz CT molecular complexity index is 1130. The van der Waals surface area contributed by atoms with Crippen LogP contribution in [-0.4, -0.2) is 26.7 Å². The Labute approximate surface area is 155 Å². The summed E-state index contributed by atoms with van der Waals surface area (Å²) in [5.74, 6) is 1.26. The maximum Gasteiger partial charge on any atom is 0.273 e. The molecule has 0 amide bonds. The van der Waals surface area contributed by atoms with Crippen LogP contribution in [0.25, 0.3) is 16.9 Å². The number of rotatable bonds is 5. The molecule has 0 saturated carbocycles. The molecule has 1 N–H and O–H groups in total. The van der Waals surface area contributed by atoms with Crippen LogP contribution in [0.1, 0.15) is 11.3 Å². The van der Waals surface area contributed by atoms with Crippen LogP contribution in [0.4, 0.5) is 0 Å². The van der Waals surface area contributed by atoms with Gasteiger partial charge in [0.2, 0.25) is 5.88 Å². The third-order valence-corrected chi connectivity index (χ3v) is 4.29. The van der Waals surface area contributed by atoms with E-state index in [-0.39, 0.29) is 12.2 Å². The average Bonchev–Trinajstić information content (AvgIpc) is 3.04. The van der Waals surface area contributed by atoms with E-state index in [2.05, 4.69) is 15.1 Å². The minimum Gasteiger partial charge on any atom is -0.497 e. The second kappa shape index (κ2) is 6.95. The lowest BCUT2D eigenvalue weighted by Crippen LogP contribution is -2.16. The fraction of sp³-hybridized carbons (Fsp3) is 0.150. The Hall–Kier alpha value is -3.61. The second-order valence-corrected chi connectivity index (χ2v) is 6.04. The van der Waals surface area contributed by atoms with Crippen LogP contribution < -0.4 is 15.0 Å².